The summed E-state index contributed by atoms with van der Waals surface area (Å²) >= 11 is 5.78. The molecule has 0 radical (unpaired) electrons. The summed E-state index contributed by atoms with van der Waals surface area (Å²) in [5.41, 5.74) is 6.13. The fourth-order valence-electron chi connectivity index (χ4n) is 2.52. The first-order chi connectivity index (χ1) is 8.56. The van der Waals surface area contributed by atoms with Gasteiger partial charge in [0.2, 0.25) is 0 Å². The van der Waals surface area contributed by atoms with Crippen LogP contribution in [0.4, 0.5) is 4.39 Å². The van der Waals surface area contributed by atoms with Crippen molar-refractivity contribution >= 4 is 11.6 Å². The molecule has 4 heteroatoms. The van der Waals surface area contributed by atoms with Gasteiger partial charge in [0, 0.05) is 12.5 Å². The van der Waals surface area contributed by atoms with Gasteiger partial charge in [-0.2, -0.15) is 0 Å². The van der Waals surface area contributed by atoms with Crippen molar-refractivity contribution in [1.29, 1.82) is 0 Å². The van der Waals surface area contributed by atoms with Crippen molar-refractivity contribution in [3.8, 4) is 0 Å². The first-order valence-corrected chi connectivity index (χ1v) is 6.76. The Morgan fingerprint density at radius 1 is 1.50 bits per heavy atom. The highest BCUT2D eigenvalue weighted by Crippen LogP contribution is 2.41. The van der Waals surface area contributed by atoms with Crippen LogP contribution in [0.25, 0.3) is 0 Å². The Balaban J connectivity index is 2.23. The van der Waals surface area contributed by atoms with Crippen LogP contribution < -0.4 is 5.73 Å². The van der Waals surface area contributed by atoms with Crippen LogP contribution in [0.5, 0.6) is 0 Å². The van der Waals surface area contributed by atoms with Gasteiger partial charge in [0.15, 0.2) is 0 Å². The second-order valence-corrected chi connectivity index (χ2v) is 5.58. The van der Waals surface area contributed by atoms with Crippen LogP contribution in [0.1, 0.15) is 31.2 Å². The minimum atomic E-state index is -0.615. The van der Waals surface area contributed by atoms with E-state index in [-0.39, 0.29) is 23.4 Å². The highest BCUT2D eigenvalue weighted by molar-refractivity contribution is 6.30. The first kappa shape index (κ1) is 13.8. The van der Waals surface area contributed by atoms with Gasteiger partial charge in [-0.3, -0.25) is 0 Å². The molecular weight excluding hydrogens is 253 g/mol. The fourth-order valence-corrected chi connectivity index (χ4v) is 2.71. The maximum atomic E-state index is 14.0. The maximum Gasteiger partial charge on any atom is 0.145 e. The van der Waals surface area contributed by atoms with Crippen molar-refractivity contribution in [2.75, 3.05) is 6.54 Å². The van der Waals surface area contributed by atoms with Crippen molar-refractivity contribution < 1.29 is 9.50 Å². The quantitative estimate of drug-likeness (QED) is 0.865. The third kappa shape index (κ3) is 2.68. The van der Waals surface area contributed by atoms with E-state index >= 15 is 0 Å². The molecule has 1 aromatic rings. The van der Waals surface area contributed by atoms with E-state index in [1.807, 2.05) is 6.92 Å². The monoisotopic (exact) mass is 271 g/mol. The molecule has 18 heavy (non-hydrogen) atoms. The molecule has 100 valence electrons. The second-order valence-electron chi connectivity index (χ2n) is 5.17. The van der Waals surface area contributed by atoms with Crippen LogP contribution >= 0.6 is 11.6 Å². The predicted octanol–water partition coefficient (Wildman–Crippen LogP) is 2.93. The fraction of sp³-hybridized carbons (Fsp3) is 0.571. The van der Waals surface area contributed by atoms with E-state index in [1.54, 1.807) is 12.1 Å². The number of rotatable bonds is 5. The van der Waals surface area contributed by atoms with E-state index in [0.717, 1.165) is 12.8 Å². The lowest BCUT2D eigenvalue weighted by Gasteiger charge is -2.27. The Morgan fingerprint density at radius 3 is 2.72 bits per heavy atom. The minimum absolute atomic E-state index is 0.0808. The Morgan fingerprint density at radius 2 is 2.17 bits per heavy atom. The van der Waals surface area contributed by atoms with Gasteiger partial charge in [0.25, 0.3) is 0 Å². The normalized spacial score (nSPS) is 20.5. The standard InChI is InChI=1S/C14H19ClFNO/c1-8(9-5-6-9)14(18)11(7-17)10-3-2-4-12(15)13(10)16/h2-4,8-9,11,14,18H,5-7,17H2,1H3. The highest BCUT2D eigenvalue weighted by atomic mass is 35.5. The van der Waals surface area contributed by atoms with Crippen LogP contribution in [-0.4, -0.2) is 17.8 Å². The largest absolute Gasteiger partial charge is 0.392 e. The summed E-state index contributed by atoms with van der Waals surface area (Å²) in [7, 11) is 0. The molecule has 0 amide bonds. The van der Waals surface area contributed by atoms with Crippen LogP contribution in [0, 0.1) is 17.7 Å². The number of aliphatic hydroxyl groups is 1. The number of benzene rings is 1. The number of hydrogen-bond donors (Lipinski definition) is 2. The predicted molar refractivity (Wildman–Crippen MR) is 71.1 cm³/mol. The van der Waals surface area contributed by atoms with Crippen LogP contribution in [0.15, 0.2) is 18.2 Å². The zero-order valence-electron chi connectivity index (χ0n) is 10.4. The molecule has 1 fully saturated rings. The van der Waals surface area contributed by atoms with Gasteiger partial charge in [0.05, 0.1) is 11.1 Å². The number of halogens is 2. The summed E-state index contributed by atoms with van der Waals surface area (Å²) < 4.78 is 14.0. The van der Waals surface area contributed by atoms with Gasteiger partial charge < -0.3 is 10.8 Å². The van der Waals surface area contributed by atoms with E-state index in [9.17, 15) is 9.50 Å². The molecule has 1 aliphatic rings. The van der Waals surface area contributed by atoms with Crippen LogP contribution in [0.3, 0.4) is 0 Å². The summed E-state index contributed by atoms with van der Waals surface area (Å²) in [5.74, 6) is -0.149. The third-order valence-corrected chi connectivity index (χ3v) is 4.24. The molecule has 0 aromatic heterocycles. The summed E-state index contributed by atoms with van der Waals surface area (Å²) in [6.45, 7) is 2.23. The first-order valence-electron chi connectivity index (χ1n) is 6.38. The Kier molecular flexibility index (Phi) is 4.25. The van der Waals surface area contributed by atoms with Crippen molar-refractivity contribution in [2.24, 2.45) is 17.6 Å². The number of hydrogen-bond acceptors (Lipinski definition) is 2. The summed E-state index contributed by atoms with van der Waals surface area (Å²) in [5, 5.41) is 10.4. The smallest absolute Gasteiger partial charge is 0.145 e. The van der Waals surface area contributed by atoms with Gasteiger partial charge in [-0.15, -0.1) is 0 Å². The Hall–Kier alpha value is -0.640. The summed E-state index contributed by atoms with van der Waals surface area (Å²) in [6.07, 6.45) is 1.68. The Bertz CT molecular complexity index is 422. The van der Waals surface area contributed by atoms with E-state index in [2.05, 4.69) is 0 Å². The van der Waals surface area contributed by atoms with E-state index in [4.69, 9.17) is 17.3 Å². The van der Waals surface area contributed by atoms with Crippen molar-refractivity contribution in [2.45, 2.75) is 31.8 Å². The third-order valence-electron chi connectivity index (χ3n) is 3.95. The maximum absolute atomic E-state index is 14.0. The molecule has 0 aliphatic heterocycles. The molecule has 1 saturated carbocycles. The minimum Gasteiger partial charge on any atom is -0.392 e. The van der Waals surface area contributed by atoms with Gasteiger partial charge >= 0.3 is 0 Å². The van der Waals surface area contributed by atoms with Gasteiger partial charge in [-0.05, 0) is 36.3 Å². The van der Waals surface area contributed by atoms with Crippen molar-refractivity contribution in [3.05, 3.63) is 34.6 Å². The lowest BCUT2D eigenvalue weighted by atomic mass is 9.84. The average Bonchev–Trinajstić information content (AvgIpc) is 3.18. The molecule has 1 aromatic carbocycles. The number of nitrogens with two attached hydrogens (primary N) is 1. The second kappa shape index (κ2) is 5.55. The van der Waals surface area contributed by atoms with Crippen LogP contribution in [0.2, 0.25) is 5.02 Å². The molecule has 0 bridgehead atoms. The topological polar surface area (TPSA) is 46.2 Å². The summed E-state index contributed by atoms with van der Waals surface area (Å²) in [6, 6.07) is 4.85. The van der Waals surface area contributed by atoms with Crippen LogP contribution in [-0.2, 0) is 0 Å². The van der Waals surface area contributed by atoms with Crippen molar-refractivity contribution in [3.63, 3.8) is 0 Å². The zero-order valence-corrected chi connectivity index (χ0v) is 11.2. The van der Waals surface area contributed by atoms with Gasteiger partial charge in [-0.25, -0.2) is 4.39 Å². The molecule has 3 atom stereocenters. The molecule has 0 heterocycles. The lowest BCUT2D eigenvalue weighted by Crippen LogP contribution is -2.32. The Labute approximate surface area is 112 Å². The zero-order chi connectivity index (χ0) is 13.3. The molecular formula is C14H19ClFNO. The molecule has 2 nitrogen and oxygen atoms in total. The molecule has 2 rings (SSSR count). The van der Waals surface area contributed by atoms with Crippen molar-refractivity contribution in [1.82, 2.24) is 0 Å². The van der Waals surface area contributed by atoms with E-state index in [1.165, 1.54) is 6.07 Å². The molecule has 3 unspecified atom stereocenters. The van der Waals surface area contributed by atoms with Gasteiger partial charge in [0.1, 0.15) is 5.82 Å². The summed E-state index contributed by atoms with van der Waals surface area (Å²) in [4.78, 5) is 0. The number of aliphatic hydroxyl groups excluding tert-OH is 1. The van der Waals surface area contributed by atoms with Gasteiger partial charge in [-0.1, -0.05) is 30.7 Å². The average molecular weight is 272 g/mol. The molecule has 3 N–H and O–H groups in total. The molecule has 0 saturated heterocycles. The SMILES string of the molecule is CC(C1CC1)C(O)C(CN)c1cccc(Cl)c1F. The van der Waals surface area contributed by atoms with E-state index < -0.39 is 11.9 Å². The van der Waals surface area contributed by atoms with E-state index in [0.29, 0.717) is 11.5 Å². The highest BCUT2D eigenvalue weighted by Gasteiger charge is 2.37. The molecule has 0 spiro atoms. The lowest BCUT2D eigenvalue weighted by molar-refractivity contribution is 0.0789. The molecule has 1 aliphatic carbocycles.